The molecule has 2 aromatic carbocycles. The van der Waals surface area contributed by atoms with Crippen molar-refractivity contribution in [1.82, 2.24) is 4.90 Å². The smallest absolute Gasteiger partial charge is 0.231 e. The van der Waals surface area contributed by atoms with Crippen LogP contribution in [0.2, 0.25) is 0 Å². The molecule has 5 nitrogen and oxygen atoms in total. The number of rotatable bonds is 7. The molecule has 2 aromatic rings. The lowest BCUT2D eigenvalue weighted by Gasteiger charge is -2.26. The molecule has 0 spiro atoms. The van der Waals surface area contributed by atoms with E-state index in [1.54, 1.807) is 0 Å². The van der Waals surface area contributed by atoms with Crippen molar-refractivity contribution >= 4 is 11.6 Å². The lowest BCUT2D eigenvalue weighted by Crippen LogP contribution is -2.30. The summed E-state index contributed by atoms with van der Waals surface area (Å²) in [6.45, 7) is 3.85. The zero-order chi connectivity index (χ0) is 19.2. The van der Waals surface area contributed by atoms with E-state index in [0.717, 1.165) is 47.7 Å². The van der Waals surface area contributed by atoms with Crippen LogP contribution in [-0.2, 0) is 4.79 Å². The highest BCUT2D eigenvalue weighted by atomic mass is 16.7. The summed E-state index contributed by atoms with van der Waals surface area (Å²) in [5, 5.41) is 3.00. The third kappa shape index (κ3) is 4.84. The number of amides is 1. The zero-order valence-corrected chi connectivity index (χ0v) is 16.3. The maximum Gasteiger partial charge on any atom is 0.231 e. The van der Waals surface area contributed by atoms with E-state index in [0.29, 0.717) is 6.42 Å². The molecule has 0 aliphatic carbocycles. The predicted molar refractivity (Wildman–Crippen MR) is 111 cm³/mol. The van der Waals surface area contributed by atoms with Gasteiger partial charge in [-0.3, -0.25) is 4.79 Å². The number of piperidine rings is 1. The number of hydrogen-bond donors (Lipinski definition) is 1. The van der Waals surface area contributed by atoms with Crippen LogP contribution >= 0.6 is 0 Å². The van der Waals surface area contributed by atoms with Crippen molar-refractivity contribution in [2.75, 3.05) is 31.7 Å². The molecule has 0 bridgehead atoms. The molecular weight excluding hydrogens is 352 g/mol. The quantitative estimate of drug-likeness (QED) is 0.709. The van der Waals surface area contributed by atoms with Crippen LogP contribution in [0, 0.1) is 0 Å². The number of nitrogens with one attached hydrogen (secondary N) is 1. The summed E-state index contributed by atoms with van der Waals surface area (Å²) in [6.07, 6.45) is 6.63. The fourth-order valence-corrected chi connectivity index (χ4v) is 3.85. The maximum atomic E-state index is 12.2. The molecule has 2 heterocycles. The predicted octanol–water partition coefficient (Wildman–Crippen LogP) is 4.68. The maximum absolute atomic E-state index is 12.2. The molecule has 0 radical (unpaired) electrons. The lowest BCUT2D eigenvalue weighted by atomic mass is 10.0. The average Bonchev–Trinajstić information content (AvgIpc) is 3.20. The Balaban J connectivity index is 1.23. The molecule has 0 atom stereocenters. The van der Waals surface area contributed by atoms with E-state index < -0.39 is 0 Å². The minimum Gasteiger partial charge on any atom is -0.454 e. The van der Waals surface area contributed by atoms with Gasteiger partial charge in [-0.2, -0.15) is 0 Å². The van der Waals surface area contributed by atoms with Crippen molar-refractivity contribution in [1.29, 1.82) is 0 Å². The van der Waals surface area contributed by atoms with Crippen LogP contribution < -0.4 is 14.8 Å². The Morgan fingerprint density at radius 3 is 2.46 bits per heavy atom. The summed E-state index contributed by atoms with van der Waals surface area (Å²) in [7, 11) is 0. The van der Waals surface area contributed by atoms with Crippen molar-refractivity contribution in [2.24, 2.45) is 0 Å². The molecule has 1 fully saturated rings. The molecule has 28 heavy (non-hydrogen) atoms. The number of likely N-dealkylation sites (tertiary alicyclic amines) is 1. The Morgan fingerprint density at radius 2 is 1.64 bits per heavy atom. The number of hydrogen-bond acceptors (Lipinski definition) is 4. The van der Waals surface area contributed by atoms with E-state index in [-0.39, 0.29) is 12.7 Å². The Morgan fingerprint density at radius 1 is 0.893 bits per heavy atom. The van der Waals surface area contributed by atoms with Crippen LogP contribution in [0.15, 0.2) is 42.5 Å². The van der Waals surface area contributed by atoms with Gasteiger partial charge in [-0.25, -0.2) is 0 Å². The summed E-state index contributed by atoms with van der Waals surface area (Å²) in [6, 6.07) is 13.9. The first-order chi connectivity index (χ1) is 13.8. The van der Waals surface area contributed by atoms with Crippen LogP contribution in [-0.4, -0.2) is 37.2 Å². The first-order valence-electron chi connectivity index (χ1n) is 10.3. The number of carbonyl (C=O) groups is 1. The van der Waals surface area contributed by atoms with Crippen molar-refractivity contribution in [3.05, 3.63) is 42.5 Å². The molecule has 0 unspecified atom stereocenters. The van der Waals surface area contributed by atoms with Gasteiger partial charge in [0.15, 0.2) is 11.5 Å². The third-order valence-corrected chi connectivity index (χ3v) is 5.45. The monoisotopic (exact) mass is 380 g/mol. The normalized spacial score (nSPS) is 16.1. The summed E-state index contributed by atoms with van der Waals surface area (Å²) in [4.78, 5) is 14.7. The topological polar surface area (TPSA) is 50.8 Å². The average molecular weight is 380 g/mol. The molecular formula is C23H28N2O3. The largest absolute Gasteiger partial charge is 0.454 e. The van der Waals surface area contributed by atoms with Crippen LogP contribution in [0.5, 0.6) is 11.5 Å². The molecule has 2 aliphatic heterocycles. The van der Waals surface area contributed by atoms with E-state index in [4.69, 9.17) is 9.47 Å². The molecule has 1 saturated heterocycles. The molecule has 0 saturated carbocycles. The van der Waals surface area contributed by atoms with Gasteiger partial charge in [0.1, 0.15) is 0 Å². The van der Waals surface area contributed by atoms with Gasteiger partial charge in [0.2, 0.25) is 12.7 Å². The van der Waals surface area contributed by atoms with Gasteiger partial charge in [0.25, 0.3) is 0 Å². The summed E-state index contributed by atoms with van der Waals surface area (Å²) in [5.74, 6) is 1.65. The van der Waals surface area contributed by atoms with Crippen LogP contribution in [0.4, 0.5) is 5.69 Å². The molecule has 148 valence electrons. The summed E-state index contributed by atoms with van der Waals surface area (Å²) < 4.78 is 10.8. The van der Waals surface area contributed by atoms with E-state index in [9.17, 15) is 4.79 Å². The second-order valence-corrected chi connectivity index (χ2v) is 7.55. The Bertz CT molecular complexity index is 798. The molecule has 5 heteroatoms. The van der Waals surface area contributed by atoms with Crippen molar-refractivity contribution in [3.63, 3.8) is 0 Å². The number of ether oxygens (including phenoxy) is 2. The zero-order valence-electron chi connectivity index (χ0n) is 16.3. The Kier molecular flexibility index (Phi) is 6.12. The van der Waals surface area contributed by atoms with Gasteiger partial charge in [-0.15, -0.1) is 0 Å². The number of nitrogens with zero attached hydrogens (tertiary/aromatic N) is 1. The Labute approximate surface area is 166 Å². The van der Waals surface area contributed by atoms with Gasteiger partial charge >= 0.3 is 0 Å². The van der Waals surface area contributed by atoms with E-state index in [2.05, 4.69) is 10.2 Å². The van der Waals surface area contributed by atoms with Crippen molar-refractivity contribution < 1.29 is 14.3 Å². The second kappa shape index (κ2) is 9.11. The second-order valence-electron chi connectivity index (χ2n) is 7.55. The third-order valence-electron chi connectivity index (χ3n) is 5.45. The minimum absolute atomic E-state index is 0.0921. The SMILES string of the molecule is O=C(CCCCN1CCCCC1)Nc1ccc(-c2ccc3c(c2)OCO3)cc1. The number of benzene rings is 2. The molecule has 1 N–H and O–H groups in total. The van der Waals surface area contributed by atoms with Gasteiger partial charge < -0.3 is 19.7 Å². The summed E-state index contributed by atoms with van der Waals surface area (Å²) in [5.41, 5.74) is 2.99. The standard InChI is InChI=1S/C23H28N2O3/c26-23(6-2-5-15-25-13-3-1-4-14-25)24-20-10-7-18(8-11-20)19-9-12-21-22(16-19)28-17-27-21/h7-12,16H,1-6,13-15,17H2,(H,24,26). The fraction of sp³-hybridized carbons (Fsp3) is 0.435. The first-order valence-corrected chi connectivity index (χ1v) is 10.3. The number of fused-ring (bicyclic) bond motifs is 1. The molecule has 2 aliphatic rings. The van der Waals surface area contributed by atoms with E-state index in [1.807, 2.05) is 42.5 Å². The van der Waals surface area contributed by atoms with Crippen LogP contribution in [0.1, 0.15) is 38.5 Å². The summed E-state index contributed by atoms with van der Waals surface area (Å²) >= 11 is 0. The van der Waals surface area contributed by atoms with Crippen molar-refractivity contribution in [3.8, 4) is 22.6 Å². The van der Waals surface area contributed by atoms with Crippen LogP contribution in [0.3, 0.4) is 0 Å². The molecule has 0 aromatic heterocycles. The van der Waals surface area contributed by atoms with E-state index >= 15 is 0 Å². The minimum atomic E-state index is 0.0921. The number of unbranched alkanes of at least 4 members (excludes halogenated alkanes) is 1. The van der Waals surface area contributed by atoms with Crippen molar-refractivity contribution in [2.45, 2.75) is 38.5 Å². The Hall–Kier alpha value is -2.53. The number of anilines is 1. The fourth-order valence-electron chi connectivity index (χ4n) is 3.85. The highest BCUT2D eigenvalue weighted by molar-refractivity contribution is 5.91. The van der Waals surface area contributed by atoms with Crippen LogP contribution in [0.25, 0.3) is 11.1 Å². The number of carbonyl (C=O) groups excluding carboxylic acids is 1. The molecule has 1 amide bonds. The lowest BCUT2D eigenvalue weighted by molar-refractivity contribution is -0.116. The molecule has 4 rings (SSSR count). The van der Waals surface area contributed by atoms with Gasteiger partial charge in [0.05, 0.1) is 0 Å². The highest BCUT2D eigenvalue weighted by Gasteiger charge is 2.14. The van der Waals surface area contributed by atoms with Gasteiger partial charge in [-0.1, -0.05) is 24.6 Å². The van der Waals surface area contributed by atoms with Gasteiger partial charge in [0, 0.05) is 12.1 Å². The first kappa shape index (κ1) is 18.8. The highest BCUT2D eigenvalue weighted by Crippen LogP contribution is 2.36. The van der Waals surface area contributed by atoms with E-state index in [1.165, 1.54) is 32.4 Å². The van der Waals surface area contributed by atoms with Gasteiger partial charge in [-0.05, 0) is 80.7 Å².